The number of carbonyl (C=O) groups excluding carboxylic acids is 18. The molecule has 14 amide bonds. The monoisotopic (exact) mass is 2040 g/mol. The second-order valence-electron chi connectivity index (χ2n) is 35.5. The van der Waals surface area contributed by atoms with E-state index in [9.17, 15) is 86.3 Å². The highest BCUT2D eigenvalue weighted by molar-refractivity contribution is 8.76. The first kappa shape index (κ1) is 115. The standard InChI is InChI=1S/C48H67ClN10O9S2.C47H67ClN10O9S2/c1-4-53-43(64)35(12-8-19-54-48(51)52)55-45(66)38-13-9-20-59(38)47(68)32-25-39(61)36(26-40(50)62)56-46(67)41(28(2)3)58-44(65)37(23-29-10-6-5-7-11-29)57-42(63)31(22-30-14-16-33(49)17-15-30)24-34(60)18-21-69-70-27-32;1-4-52-42(63)34(9-5-17-53-47(50)51)54-44(65)37-10-6-18-58(37)46(67)29-15-20-68-21-16-32(59)23-30(22-28-11-13-31(48)14-12-28)41(62)56-36(25-33-8-7-19-69-33)43(64)57-40(27(2)3)45(66)55-35(26-39(49)61)38(60)24-29/h5-7,10-11,14-17,28,31-32,35-38,41H,4,8-9,12-13,18-27H2,1-3H3,(H2,50,62)(H,53,64)(H,55,66)(H,56,67)(H,57,63)(H,58,65)(H4,51,52,54);7-8,11-14,19,27,29-30,34-37,40H,4-6,9-10,15-18,20-26H2,1-3H3,(H2,49,61)(H,52,63)(H,54,65)(H,55,66)(H,56,62)(H,57,64)(H4,50,51,53)/t31-,32+,35-,36+,37+,38+,41+;29-,30-,34-,35+,36+,37+,40+/m11/s1. The Kier molecular flexibility index (Phi) is 49.0. The molecule has 1 aromatic heterocycles. The number of aliphatic imine (C=N–C) groups is 2. The number of hydrogen-bond donors (Lipinski definition) is 16. The molecule has 0 radical (unpaired) electrons. The number of thiophene rings is 1. The fourth-order valence-corrected chi connectivity index (χ4v) is 20.8. The Morgan fingerprint density at radius 2 is 0.885 bits per heavy atom. The van der Waals surface area contributed by atoms with Crippen LogP contribution < -0.4 is 87.6 Å². The van der Waals surface area contributed by atoms with E-state index in [0.29, 0.717) is 72.3 Å². The zero-order chi connectivity index (χ0) is 102. The molecule has 4 aliphatic heterocycles. The summed E-state index contributed by atoms with van der Waals surface area (Å²) < 4.78 is 0. The van der Waals surface area contributed by atoms with Crippen molar-refractivity contribution in [3.05, 3.63) is 128 Å². The van der Waals surface area contributed by atoms with E-state index in [0.717, 1.165) is 16.0 Å². The highest BCUT2D eigenvalue weighted by Crippen LogP contribution is 2.33. The molecule has 760 valence electrons. The van der Waals surface area contributed by atoms with E-state index in [1.807, 2.05) is 11.4 Å². The van der Waals surface area contributed by atoms with Crippen molar-refractivity contribution in [1.82, 2.24) is 63.0 Å². The smallest absolute Gasteiger partial charge is 0.243 e. The number of benzene rings is 3. The molecule has 3 aromatic carbocycles. The van der Waals surface area contributed by atoms with Gasteiger partial charge in [-0.05, 0) is 154 Å². The van der Waals surface area contributed by atoms with Crippen LogP contribution in [0.3, 0.4) is 0 Å². The Bertz CT molecular complexity index is 4920. The molecule has 14 atom stereocenters. The minimum absolute atomic E-state index is 0.0346. The summed E-state index contributed by atoms with van der Waals surface area (Å²) >= 11 is 15.0. The van der Waals surface area contributed by atoms with Crippen molar-refractivity contribution >= 4 is 186 Å². The van der Waals surface area contributed by atoms with Gasteiger partial charge in [-0.15, -0.1) is 11.3 Å². The summed E-state index contributed by atoms with van der Waals surface area (Å²) in [7, 11) is 2.52. The molecule has 4 aromatic rings. The number of carbonyl (C=O) groups is 18. The molecule has 0 aliphatic carbocycles. The molecule has 44 heteroatoms. The van der Waals surface area contributed by atoms with Gasteiger partial charge in [0, 0.05) is 141 Å². The van der Waals surface area contributed by atoms with Crippen LogP contribution >= 0.6 is 67.9 Å². The number of thioether (sulfide) groups is 1. The number of hydrogen-bond acceptors (Lipinski definition) is 24. The molecule has 4 fully saturated rings. The number of guanidine groups is 2. The van der Waals surface area contributed by atoms with Crippen LogP contribution in [0.5, 0.6) is 0 Å². The first-order chi connectivity index (χ1) is 66.2. The van der Waals surface area contributed by atoms with Crippen molar-refractivity contribution in [1.29, 1.82) is 0 Å². The highest BCUT2D eigenvalue weighted by atomic mass is 35.5. The molecule has 38 nitrogen and oxygen atoms in total. The van der Waals surface area contributed by atoms with Crippen LogP contribution in [-0.2, 0) is 112 Å². The van der Waals surface area contributed by atoms with E-state index in [2.05, 4.69) is 63.2 Å². The molecule has 8 rings (SSSR count). The highest BCUT2D eigenvalue weighted by Gasteiger charge is 2.44. The van der Waals surface area contributed by atoms with Crippen molar-refractivity contribution in [2.45, 2.75) is 237 Å². The van der Waals surface area contributed by atoms with E-state index >= 15 is 0 Å². The number of primary amides is 2. The number of nitrogens with one attached hydrogen (secondary N) is 10. The van der Waals surface area contributed by atoms with Gasteiger partial charge in [-0.3, -0.25) is 96.3 Å². The average molecular weight is 2040 g/mol. The number of nitrogens with two attached hydrogens (primary N) is 6. The van der Waals surface area contributed by atoms with Crippen LogP contribution in [0.25, 0.3) is 0 Å². The third-order valence-corrected chi connectivity index (χ3v) is 28.7. The van der Waals surface area contributed by atoms with E-state index in [1.165, 1.54) is 54.5 Å². The van der Waals surface area contributed by atoms with E-state index in [1.54, 1.807) is 126 Å². The van der Waals surface area contributed by atoms with Crippen LogP contribution in [0, 0.1) is 35.5 Å². The van der Waals surface area contributed by atoms with Gasteiger partial charge in [-0.2, -0.15) is 11.8 Å². The normalized spacial score (nSPS) is 22.9. The number of rotatable bonds is 32. The Labute approximate surface area is 836 Å². The number of likely N-dealkylation sites (N-methyl/N-ethyl adjacent to an activating group) is 2. The number of likely N-dealkylation sites (tertiary alicyclic amines) is 2. The summed E-state index contributed by atoms with van der Waals surface area (Å²) in [5.41, 5.74) is 35.2. The Hall–Kier alpha value is -11.2. The van der Waals surface area contributed by atoms with Crippen LogP contribution in [0.4, 0.5) is 0 Å². The first-order valence-corrected chi connectivity index (χ1v) is 52.2. The van der Waals surface area contributed by atoms with Crippen LogP contribution in [-0.4, -0.2) is 250 Å². The number of nitrogens with zero attached hydrogens (tertiary/aromatic N) is 4. The molecule has 139 heavy (non-hydrogen) atoms. The molecule has 4 saturated heterocycles. The van der Waals surface area contributed by atoms with Gasteiger partial charge < -0.3 is 97.4 Å². The van der Waals surface area contributed by atoms with Crippen molar-refractivity contribution in [3.8, 4) is 0 Å². The number of halogens is 2. The molecular weight excluding hydrogens is 1910 g/mol. The summed E-state index contributed by atoms with van der Waals surface area (Å²) in [4.78, 5) is 260. The Balaban J connectivity index is 0.000000378. The van der Waals surface area contributed by atoms with Gasteiger partial charge in [0.1, 0.15) is 59.9 Å². The summed E-state index contributed by atoms with van der Waals surface area (Å²) in [5.74, 6) is -14.9. The SMILES string of the molecule is CCNC(=O)[C@@H](CCCN=C(N)N)NC(=O)[C@@H]1CCCN1C(=O)[C@@H]1CCSCCC(=O)C[C@@H](Cc2ccc(Cl)cc2)C(=O)N[C@@H](Cc2cccs2)C(=O)N[C@@H](C(C)C)C(=O)N[C@@H](CC(N)=O)C(=O)C1.CCNC(=O)[C@@H](CCCN=C(N)N)NC(=O)[C@@H]1CCCN1C(=O)[C@@H]1CSSCCC(=O)C[C@@H](Cc2ccc(Cl)cc2)C(=O)N[C@@H](Cc2ccccc2)C(=O)N[C@@H](C(C)C)C(=O)N[C@@H](CC(N)=O)C(=O)C1. The minimum atomic E-state index is -1.50. The van der Waals surface area contributed by atoms with Gasteiger partial charge in [-0.1, -0.05) is 133 Å². The lowest BCUT2D eigenvalue weighted by Crippen LogP contribution is -2.58. The number of amides is 14. The van der Waals surface area contributed by atoms with Gasteiger partial charge in [-0.25, -0.2) is 0 Å². The third kappa shape index (κ3) is 39.4. The first-order valence-electron chi connectivity index (χ1n) is 47.0. The summed E-state index contributed by atoms with van der Waals surface area (Å²) in [6.45, 7) is 11.6. The average Bonchev–Trinajstić information content (AvgIpc) is 1.76. The number of ketones is 4. The molecule has 0 saturated carbocycles. The van der Waals surface area contributed by atoms with Gasteiger partial charge >= 0.3 is 0 Å². The second-order valence-corrected chi connectivity index (χ2v) is 41.2. The topological polar surface area (TPSA) is 615 Å². The van der Waals surface area contributed by atoms with Gasteiger partial charge in [0.2, 0.25) is 82.7 Å². The molecular formula is C95H134Cl2N20O18S4. The maximum absolute atomic E-state index is 14.6. The van der Waals surface area contributed by atoms with Gasteiger partial charge in [0.05, 0.1) is 30.8 Å². The second kappa shape index (κ2) is 59.4. The van der Waals surface area contributed by atoms with Crippen molar-refractivity contribution < 1.29 is 86.3 Å². The van der Waals surface area contributed by atoms with E-state index in [4.69, 9.17) is 57.6 Å². The predicted octanol–water partition coefficient (Wildman–Crippen LogP) is 3.23. The zero-order valence-electron chi connectivity index (χ0n) is 79.4. The lowest BCUT2D eigenvalue weighted by molar-refractivity contribution is -0.144. The summed E-state index contributed by atoms with van der Waals surface area (Å²) in [5, 5.41) is 30.3. The van der Waals surface area contributed by atoms with Crippen molar-refractivity contribution in [2.24, 2.45) is 79.9 Å². The maximum atomic E-state index is 14.6. The van der Waals surface area contributed by atoms with Crippen molar-refractivity contribution in [3.63, 3.8) is 0 Å². The molecule has 0 bridgehead atoms. The summed E-state index contributed by atoms with van der Waals surface area (Å²) in [6, 6.07) is 14.6. The molecule has 0 spiro atoms. The number of Topliss-reactive ketones (excluding diaryl/α,β-unsaturated/α-hetero) is 4. The van der Waals surface area contributed by atoms with E-state index in [-0.39, 0.29) is 138 Å². The van der Waals surface area contributed by atoms with Crippen LogP contribution in [0.1, 0.15) is 172 Å². The lowest BCUT2D eigenvalue weighted by Gasteiger charge is -2.30. The quantitative estimate of drug-likeness (QED) is 0.0144. The fraction of sp³-hybridized carbons (Fsp3) is 0.558. The van der Waals surface area contributed by atoms with Crippen molar-refractivity contribution in [2.75, 3.05) is 62.3 Å². The maximum Gasteiger partial charge on any atom is 0.243 e. The summed E-state index contributed by atoms with van der Waals surface area (Å²) in [6.07, 6.45) is 0.977. The van der Waals surface area contributed by atoms with Crippen LogP contribution in [0.2, 0.25) is 10.0 Å². The Morgan fingerprint density at radius 3 is 1.31 bits per heavy atom. The predicted molar refractivity (Wildman–Crippen MR) is 536 cm³/mol. The minimum Gasteiger partial charge on any atom is -0.370 e. The van der Waals surface area contributed by atoms with Gasteiger partial charge in [0.25, 0.3) is 0 Å². The molecule has 22 N–H and O–H groups in total. The van der Waals surface area contributed by atoms with Gasteiger partial charge in [0.15, 0.2) is 23.5 Å². The van der Waals surface area contributed by atoms with E-state index < -0.39 is 216 Å². The lowest BCUT2D eigenvalue weighted by atomic mass is 9.92. The van der Waals surface area contributed by atoms with Crippen LogP contribution in [0.15, 0.2) is 106 Å². The zero-order valence-corrected chi connectivity index (χ0v) is 84.2. The molecule has 4 aliphatic rings. The Morgan fingerprint density at radius 1 is 0.460 bits per heavy atom. The fourth-order valence-electron chi connectivity index (χ4n) is 16.5. The molecule has 0 unspecified atom stereocenters. The molecule has 5 heterocycles. The largest absolute Gasteiger partial charge is 0.370 e. The third-order valence-electron chi connectivity index (χ3n) is 23.8.